The van der Waals surface area contributed by atoms with E-state index in [-0.39, 0.29) is 37.4 Å². The summed E-state index contributed by atoms with van der Waals surface area (Å²) >= 11 is 6.01. The van der Waals surface area contributed by atoms with Crippen molar-refractivity contribution in [1.82, 2.24) is 10.2 Å². The van der Waals surface area contributed by atoms with Crippen molar-refractivity contribution < 1.29 is 18.0 Å². The topological polar surface area (TPSA) is 86.8 Å². The van der Waals surface area contributed by atoms with Crippen molar-refractivity contribution in [2.24, 2.45) is 0 Å². The molecule has 35 heavy (non-hydrogen) atoms. The molecule has 2 unspecified atom stereocenters. The maximum absolute atomic E-state index is 13.4. The first-order valence-corrected chi connectivity index (χ1v) is 14.2. The number of anilines is 1. The lowest BCUT2D eigenvalue weighted by Crippen LogP contribution is -2.50. The average Bonchev–Trinajstić information content (AvgIpc) is 2.82. The van der Waals surface area contributed by atoms with Gasteiger partial charge in [-0.25, -0.2) is 8.42 Å². The first-order valence-electron chi connectivity index (χ1n) is 11.9. The van der Waals surface area contributed by atoms with E-state index in [1.54, 1.807) is 41.3 Å². The molecule has 0 bridgehead atoms. The Kier molecular flexibility index (Phi) is 11.0. The highest BCUT2D eigenvalue weighted by atomic mass is 35.5. The van der Waals surface area contributed by atoms with E-state index in [9.17, 15) is 18.0 Å². The van der Waals surface area contributed by atoms with Crippen molar-refractivity contribution in [3.63, 3.8) is 0 Å². The minimum absolute atomic E-state index is 0.00164. The molecular weight excluding hydrogens is 486 g/mol. The second kappa shape index (κ2) is 13.5. The number of para-hydroxylation sites is 1. The Morgan fingerprint density at radius 3 is 2.17 bits per heavy atom. The summed E-state index contributed by atoms with van der Waals surface area (Å²) in [6.07, 6.45) is 2.83. The molecule has 192 valence electrons. The second-order valence-corrected chi connectivity index (χ2v) is 11.0. The highest BCUT2D eigenvalue weighted by molar-refractivity contribution is 7.92. The van der Waals surface area contributed by atoms with Crippen LogP contribution in [0.4, 0.5) is 5.69 Å². The van der Waals surface area contributed by atoms with Gasteiger partial charge in [0.1, 0.15) is 6.04 Å². The van der Waals surface area contributed by atoms with Gasteiger partial charge in [-0.1, -0.05) is 55.8 Å². The van der Waals surface area contributed by atoms with Crippen LogP contribution in [0.15, 0.2) is 54.6 Å². The van der Waals surface area contributed by atoms with Crippen molar-refractivity contribution in [1.29, 1.82) is 0 Å². The number of benzene rings is 2. The third-order valence-corrected chi connectivity index (χ3v) is 7.30. The van der Waals surface area contributed by atoms with Crippen molar-refractivity contribution in [3.05, 3.63) is 65.2 Å². The molecule has 0 aliphatic carbocycles. The fourth-order valence-electron chi connectivity index (χ4n) is 3.75. The average molecular weight is 522 g/mol. The molecule has 0 aliphatic rings. The zero-order valence-electron chi connectivity index (χ0n) is 20.9. The molecule has 2 aromatic carbocycles. The molecule has 2 rings (SSSR count). The van der Waals surface area contributed by atoms with Gasteiger partial charge in [-0.3, -0.25) is 13.9 Å². The Morgan fingerprint density at radius 2 is 1.63 bits per heavy atom. The van der Waals surface area contributed by atoms with Crippen LogP contribution >= 0.6 is 11.6 Å². The predicted molar refractivity (Wildman–Crippen MR) is 142 cm³/mol. The van der Waals surface area contributed by atoms with E-state index < -0.39 is 16.1 Å². The van der Waals surface area contributed by atoms with Gasteiger partial charge in [0.2, 0.25) is 21.8 Å². The smallest absolute Gasteiger partial charge is 0.243 e. The molecule has 0 saturated carbocycles. The zero-order valence-corrected chi connectivity index (χ0v) is 22.5. The molecule has 0 aliphatic heterocycles. The number of carbonyl (C=O) groups excluding carboxylic acids is 2. The number of carbonyl (C=O) groups is 2. The van der Waals surface area contributed by atoms with E-state index in [4.69, 9.17) is 11.6 Å². The monoisotopic (exact) mass is 521 g/mol. The third kappa shape index (κ3) is 8.85. The first-order chi connectivity index (χ1) is 16.6. The van der Waals surface area contributed by atoms with Gasteiger partial charge in [-0.15, -0.1) is 0 Å². The summed E-state index contributed by atoms with van der Waals surface area (Å²) in [4.78, 5) is 28.0. The number of sulfonamides is 1. The summed E-state index contributed by atoms with van der Waals surface area (Å²) in [6.45, 7) is 6.22. The number of nitrogens with zero attached hydrogens (tertiary/aromatic N) is 2. The van der Waals surface area contributed by atoms with E-state index in [1.165, 1.54) is 4.31 Å². The fourth-order valence-corrected chi connectivity index (χ4v) is 4.84. The zero-order chi connectivity index (χ0) is 26.0. The van der Waals surface area contributed by atoms with Crippen LogP contribution in [0.1, 0.15) is 52.0 Å². The van der Waals surface area contributed by atoms with Gasteiger partial charge < -0.3 is 10.2 Å². The van der Waals surface area contributed by atoms with Crippen LogP contribution in [0.3, 0.4) is 0 Å². The summed E-state index contributed by atoms with van der Waals surface area (Å²) in [5.41, 5.74) is 1.42. The first kappa shape index (κ1) is 28.7. The summed E-state index contributed by atoms with van der Waals surface area (Å²) in [6, 6.07) is 15.4. The van der Waals surface area contributed by atoms with Crippen LogP contribution in [-0.2, 0) is 26.2 Å². The number of rotatable bonds is 13. The molecule has 0 radical (unpaired) electrons. The number of amides is 2. The van der Waals surface area contributed by atoms with Crippen molar-refractivity contribution in [3.8, 4) is 0 Å². The Labute approximate surface area is 214 Å². The highest BCUT2D eigenvalue weighted by Gasteiger charge is 2.29. The quantitative estimate of drug-likeness (QED) is 0.417. The molecule has 0 aromatic heterocycles. The molecule has 9 heteroatoms. The van der Waals surface area contributed by atoms with Crippen LogP contribution in [0.2, 0.25) is 5.02 Å². The molecule has 0 saturated heterocycles. The minimum Gasteiger partial charge on any atom is -0.352 e. The summed E-state index contributed by atoms with van der Waals surface area (Å²) in [5, 5.41) is 3.58. The molecule has 1 N–H and O–H groups in total. The largest absolute Gasteiger partial charge is 0.352 e. The lowest BCUT2D eigenvalue weighted by molar-refractivity contribution is -0.141. The van der Waals surface area contributed by atoms with Crippen LogP contribution in [-0.4, -0.2) is 50.0 Å². The normalized spacial score (nSPS) is 13.1. The summed E-state index contributed by atoms with van der Waals surface area (Å²) in [7, 11) is -3.51. The predicted octanol–water partition coefficient (Wildman–Crippen LogP) is 4.61. The number of halogens is 1. The van der Waals surface area contributed by atoms with Gasteiger partial charge in [0.25, 0.3) is 0 Å². The molecule has 2 aromatic rings. The standard InChI is InChI=1S/C26H36ClN3O4S/c1-5-20(3)28-26(32)24(6-2)29(19-21-14-16-22(27)17-15-21)25(31)13-10-18-30(35(4,33)34)23-11-8-7-9-12-23/h7-9,11-12,14-17,20,24H,5-6,10,13,18-19H2,1-4H3,(H,28,32). The minimum atomic E-state index is -3.51. The second-order valence-electron chi connectivity index (χ2n) is 8.66. The van der Waals surface area contributed by atoms with E-state index in [2.05, 4.69) is 5.32 Å². The highest BCUT2D eigenvalue weighted by Crippen LogP contribution is 2.20. The van der Waals surface area contributed by atoms with Gasteiger partial charge in [0.15, 0.2) is 0 Å². The molecule has 2 amide bonds. The Bertz CT molecular complexity index is 1060. The van der Waals surface area contributed by atoms with Crippen LogP contribution in [0, 0.1) is 0 Å². The Hall–Kier alpha value is -2.58. The number of hydrogen-bond donors (Lipinski definition) is 1. The number of nitrogens with one attached hydrogen (secondary N) is 1. The SMILES string of the molecule is CCC(C)NC(=O)C(CC)N(Cc1ccc(Cl)cc1)C(=O)CCCN(c1ccccc1)S(C)(=O)=O. The maximum atomic E-state index is 13.4. The summed E-state index contributed by atoms with van der Waals surface area (Å²) in [5.74, 6) is -0.390. The van der Waals surface area contributed by atoms with E-state index in [0.717, 1.165) is 18.2 Å². The van der Waals surface area contributed by atoms with Gasteiger partial charge in [-0.2, -0.15) is 0 Å². The van der Waals surface area contributed by atoms with Crippen LogP contribution in [0.25, 0.3) is 0 Å². The van der Waals surface area contributed by atoms with Crippen molar-refractivity contribution in [2.75, 3.05) is 17.1 Å². The molecule has 2 atom stereocenters. The van der Waals surface area contributed by atoms with Crippen LogP contribution < -0.4 is 9.62 Å². The van der Waals surface area contributed by atoms with E-state index in [1.807, 2.05) is 39.0 Å². The molecular formula is C26H36ClN3O4S. The van der Waals surface area contributed by atoms with Gasteiger partial charge in [0.05, 0.1) is 11.9 Å². The molecule has 0 spiro atoms. The Morgan fingerprint density at radius 1 is 1.00 bits per heavy atom. The third-order valence-electron chi connectivity index (χ3n) is 5.85. The van der Waals surface area contributed by atoms with E-state index >= 15 is 0 Å². The van der Waals surface area contributed by atoms with Gasteiger partial charge >= 0.3 is 0 Å². The molecule has 0 fully saturated rings. The van der Waals surface area contributed by atoms with Gasteiger partial charge in [0, 0.05) is 30.6 Å². The maximum Gasteiger partial charge on any atom is 0.243 e. The van der Waals surface area contributed by atoms with Crippen molar-refractivity contribution >= 4 is 39.1 Å². The fraction of sp³-hybridized carbons (Fsp3) is 0.462. The van der Waals surface area contributed by atoms with E-state index in [0.29, 0.717) is 23.6 Å². The molecule has 7 nitrogen and oxygen atoms in total. The number of hydrogen-bond acceptors (Lipinski definition) is 4. The lowest BCUT2D eigenvalue weighted by atomic mass is 10.1. The Balaban J connectivity index is 2.20. The summed E-state index contributed by atoms with van der Waals surface area (Å²) < 4.78 is 26.0. The van der Waals surface area contributed by atoms with Gasteiger partial charge in [-0.05, 0) is 56.0 Å². The molecule has 0 heterocycles. The van der Waals surface area contributed by atoms with Crippen molar-refractivity contribution in [2.45, 2.75) is 65.1 Å². The van der Waals surface area contributed by atoms with Crippen LogP contribution in [0.5, 0.6) is 0 Å². The lowest BCUT2D eigenvalue weighted by Gasteiger charge is -2.32.